The van der Waals surface area contributed by atoms with Crippen molar-refractivity contribution >= 4 is 11.6 Å². The van der Waals surface area contributed by atoms with E-state index in [0.717, 1.165) is 16.1 Å². The molecule has 0 radical (unpaired) electrons. The lowest BCUT2D eigenvalue weighted by Crippen LogP contribution is -2.05. The van der Waals surface area contributed by atoms with Gasteiger partial charge in [0, 0.05) is 11.4 Å². The number of aliphatic hydroxyl groups excluding tert-OH is 1. The second-order valence-corrected chi connectivity index (χ2v) is 5.62. The lowest BCUT2D eigenvalue weighted by molar-refractivity contribution is 0.177. The highest BCUT2D eigenvalue weighted by Gasteiger charge is 2.27. The van der Waals surface area contributed by atoms with E-state index in [1.807, 2.05) is 36.4 Å². The molecule has 2 aromatic carbocycles. The molecule has 3 rings (SSSR count). The highest BCUT2D eigenvalue weighted by molar-refractivity contribution is 6.31. The summed E-state index contributed by atoms with van der Waals surface area (Å²) in [4.78, 5) is 0. The Kier molecular flexibility index (Phi) is 3.58. The Labute approximate surface area is 118 Å². The molecule has 0 aromatic heterocycles. The summed E-state index contributed by atoms with van der Waals surface area (Å²) >= 11 is 6.16. The predicted octanol–water partition coefficient (Wildman–Crippen LogP) is 4.49. The van der Waals surface area contributed by atoms with Crippen LogP contribution in [0.25, 0.3) is 0 Å². The zero-order chi connectivity index (χ0) is 13.2. The molecule has 0 heterocycles. The topological polar surface area (TPSA) is 20.2 Å². The number of aliphatic hydroxyl groups is 1. The van der Waals surface area contributed by atoms with Crippen molar-refractivity contribution in [3.63, 3.8) is 0 Å². The smallest absolute Gasteiger partial charge is 0.0833 e. The van der Waals surface area contributed by atoms with E-state index in [1.54, 1.807) is 0 Å². The van der Waals surface area contributed by atoms with Crippen molar-refractivity contribution in [1.29, 1.82) is 0 Å². The van der Waals surface area contributed by atoms with Gasteiger partial charge in [-0.15, -0.1) is 0 Å². The molecule has 1 atom stereocenters. The zero-order valence-electron chi connectivity index (χ0n) is 10.7. The van der Waals surface area contributed by atoms with Crippen LogP contribution in [0.1, 0.15) is 41.6 Å². The van der Waals surface area contributed by atoms with Gasteiger partial charge in [0.15, 0.2) is 0 Å². The lowest BCUT2D eigenvalue weighted by Gasteiger charge is -2.16. The van der Waals surface area contributed by atoms with Gasteiger partial charge >= 0.3 is 0 Å². The van der Waals surface area contributed by atoms with Gasteiger partial charge in [0.1, 0.15) is 0 Å². The SMILES string of the molecule is OC(Cc1ccccc1Cl)c1ccccc1C1CC1. The molecule has 0 bridgehead atoms. The first kappa shape index (κ1) is 12.7. The van der Waals surface area contributed by atoms with E-state index in [1.165, 1.54) is 18.4 Å². The van der Waals surface area contributed by atoms with E-state index < -0.39 is 6.10 Å². The lowest BCUT2D eigenvalue weighted by atomic mass is 9.95. The number of hydrogen-bond donors (Lipinski definition) is 1. The highest BCUT2D eigenvalue weighted by atomic mass is 35.5. The molecule has 2 heteroatoms. The third-order valence-corrected chi connectivity index (χ3v) is 4.11. The van der Waals surface area contributed by atoms with E-state index in [9.17, 15) is 5.11 Å². The summed E-state index contributed by atoms with van der Waals surface area (Å²) in [5.41, 5.74) is 3.37. The van der Waals surface area contributed by atoms with Gasteiger partial charge in [-0.3, -0.25) is 0 Å². The maximum Gasteiger partial charge on any atom is 0.0833 e. The molecule has 1 N–H and O–H groups in total. The van der Waals surface area contributed by atoms with Crippen molar-refractivity contribution in [2.24, 2.45) is 0 Å². The molecular formula is C17H17ClO. The van der Waals surface area contributed by atoms with Gasteiger partial charge in [0.05, 0.1) is 6.10 Å². The first-order valence-corrected chi connectivity index (χ1v) is 7.14. The maximum absolute atomic E-state index is 10.5. The van der Waals surface area contributed by atoms with Crippen molar-refractivity contribution in [2.45, 2.75) is 31.3 Å². The van der Waals surface area contributed by atoms with Gasteiger partial charge in [0.2, 0.25) is 0 Å². The van der Waals surface area contributed by atoms with Crippen LogP contribution >= 0.6 is 11.6 Å². The van der Waals surface area contributed by atoms with E-state index >= 15 is 0 Å². The van der Waals surface area contributed by atoms with Crippen molar-refractivity contribution in [3.8, 4) is 0 Å². The summed E-state index contributed by atoms with van der Waals surface area (Å²) in [6.45, 7) is 0. The van der Waals surface area contributed by atoms with Crippen LogP contribution in [0.2, 0.25) is 5.02 Å². The van der Waals surface area contributed by atoms with E-state index in [4.69, 9.17) is 11.6 Å². The highest BCUT2D eigenvalue weighted by Crippen LogP contribution is 2.43. The number of benzene rings is 2. The molecule has 19 heavy (non-hydrogen) atoms. The van der Waals surface area contributed by atoms with Gasteiger partial charge in [0.25, 0.3) is 0 Å². The molecule has 1 aliphatic rings. The molecule has 0 spiro atoms. The summed E-state index contributed by atoms with van der Waals surface area (Å²) in [7, 11) is 0. The van der Waals surface area contributed by atoms with E-state index in [2.05, 4.69) is 12.1 Å². The van der Waals surface area contributed by atoms with Gasteiger partial charge < -0.3 is 5.11 Å². The fourth-order valence-electron chi connectivity index (χ4n) is 2.56. The van der Waals surface area contributed by atoms with Crippen molar-refractivity contribution < 1.29 is 5.11 Å². The zero-order valence-corrected chi connectivity index (χ0v) is 11.5. The van der Waals surface area contributed by atoms with E-state index in [0.29, 0.717) is 12.3 Å². The Balaban J connectivity index is 1.84. The Morgan fingerprint density at radius 3 is 2.47 bits per heavy atom. The van der Waals surface area contributed by atoms with Gasteiger partial charge in [-0.2, -0.15) is 0 Å². The second kappa shape index (κ2) is 5.36. The number of rotatable bonds is 4. The average molecular weight is 273 g/mol. The summed E-state index contributed by atoms with van der Waals surface area (Å²) in [6.07, 6.45) is 2.59. The minimum atomic E-state index is -0.475. The van der Waals surface area contributed by atoms with Crippen LogP contribution in [0.5, 0.6) is 0 Å². The normalized spacial score (nSPS) is 16.3. The van der Waals surface area contributed by atoms with Crippen LogP contribution in [0.15, 0.2) is 48.5 Å². The Morgan fingerprint density at radius 2 is 1.74 bits per heavy atom. The summed E-state index contributed by atoms with van der Waals surface area (Å²) < 4.78 is 0. The third kappa shape index (κ3) is 2.83. The van der Waals surface area contributed by atoms with Crippen molar-refractivity contribution in [2.75, 3.05) is 0 Å². The molecular weight excluding hydrogens is 256 g/mol. The Hall–Kier alpha value is -1.31. The molecule has 0 saturated heterocycles. The minimum Gasteiger partial charge on any atom is -0.388 e. The average Bonchev–Trinajstić information content (AvgIpc) is 3.26. The third-order valence-electron chi connectivity index (χ3n) is 3.74. The number of hydrogen-bond acceptors (Lipinski definition) is 1. The maximum atomic E-state index is 10.5. The minimum absolute atomic E-state index is 0.475. The summed E-state index contributed by atoms with van der Waals surface area (Å²) in [5.74, 6) is 0.650. The van der Waals surface area contributed by atoms with Crippen LogP contribution in [-0.2, 0) is 6.42 Å². The fourth-order valence-corrected chi connectivity index (χ4v) is 2.78. The van der Waals surface area contributed by atoms with Crippen LogP contribution in [0.3, 0.4) is 0 Å². The van der Waals surface area contributed by atoms with Gasteiger partial charge in [-0.05, 0) is 41.5 Å². The number of halogens is 1. The van der Waals surface area contributed by atoms with Crippen LogP contribution in [0, 0.1) is 0 Å². The van der Waals surface area contributed by atoms with Crippen LogP contribution in [-0.4, -0.2) is 5.11 Å². The van der Waals surface area contributed by atoms with Crippen LogP contribution in [0.4, 0.5) is 0 Å². The summed E-state index contributed by atoms with van der Waals surface area (Å²) in [5, 5.41) is 11.2. The molecule has 0 amide bonds. The molecule has 1 unspecified atom stereocenters. The summed E-state index contributed by atoms with van der Waals surface area (Å²) in [6, 6.07) is 16.0. The molecule has 98 valence electrons. The van der Waals surface area contributed by atoms with Crippen molar-refractivity contribution in [1.82, 2.24) is 0 Å². The first-order chi connectivity index (χ1) is 9.25. The molecule has 1 aliphatic carbocycles. The quantitative estimate of drug-likeness (QED) is 0.869. The fraction of sp³-hybridized carbons (Fsp3) is 0.294. The van der Waals surface area contributed by atoms with Crippen molar-refractivity contribution in [3.05, 3.63) is 70.2 Å². The molecule has 1 nitrogen and oxygen atoms in total. The van der Waals surface area contributed by atoms with Crippen LogP contribution < -0.4 is 0 Å². The van der Waals surface area contributed by atoms with Gasteiger partial charge in [-0.1, -0.05) is 54.1 Å². The Bertz CT molecular complexity index is 575. The predicted molar refractivity (Wildman–Crippen MR) is 78.5 cm³/mol. The van der Waals surface area contributed by atoms with Gasteiger partial charge in [-0.25, -0.2) is 0 Å². The first-order valence-electron chi connectivity index (χ1n) is 6.76. The second-order valence-electron chi connectivity index (χ2n) is 5.21. The molecule has 2 aromatic rings. The molecule has 1 fully saturated rings. The Morgan fingerprint density at radius 1 is 1.05 bits per heavy atom. The standard InChI is InChI=1S/C17H17ClO/c18-16-8-4-1-5-13(16)11-17(19)15-7-3-2-6-14(15)12-9-10-12/h1-8,12,17,19H,9-11H2. The molecule has 1 saturated carbocycles. The monoisotopic (exact) mass is 272 g/mol. The van der Waals surface area contributed by atoms with E-state index in [-0.39, 0.29) is 0 Å². The molecule has 0 aliphatic heterocycles. The largest absolute Gasteiger partial charge is 0.388 e.